The van der Waals surface area contributed by atoms with Crippen molar-refractivity contribution in [2.24, 2.45) is 0 Å². The molecule has 0 aliphatic heterocycles. The first-order chi connectivity index (χ1) is 10.8. The highest BCUT2D eigenvalue weighted by molar-refractivity contribution is 5.93. The Hall–Kier alpha value is -2.49. The molecular formula is C19H23NO3. The largest absolute Gasteiger partial charge is 0.506 e. The van der Waals surface area contributed by atoms with Gasteiger partial charge in [0.05, 0.1) is 19.2 Å². The Balaban J connectivity index is 2.10. The van der Waals surface area contributed by atoms with Crippen molar-refractivity contribution in [2.45, 2.75) is 32.6 Å². The Morgan fingerprint density at radius 3 is 2.35 bits per heavy atom. The van der Waals surface area contributed by atoms with Gasteiger partial charge in [0.1, 0.15) is 11.5 Å². The highest BCUT2D eigenvalue weighted by atomic mass is 16.5. The highest BCUT2D eigenvalue weighted by Crippen LogP contribution is 2.30. The topological polar surface area (TPSA) is 58.6 Å². The maximum atomic E-state index is 12.2. The lowest BCUT2D eigenvalue weighted by molar-refractivity contribution is -0.115. The number of hydrogen-bond acceptors (Lipinski definition) is 3. The van der Waals surface area contributed by atoms with E-state index in [4.69, 9.17) is 4.74 Å². The summed E-state index contributed by atoms with van der Waals surface area (Å²) in [6, 6.07) is 12.6. The number of nitrogens with one attached hydrogen (secondary N) is 1. The maximum absolute atomic E-state index is 12.2. The number of phenols is 1. The minimum Gasteiger partial charge on any atom is -0.506 e. The summed E-state index contributed by atoms with van der Waals surface area (Å²) < 4.78 is 5.10. The highest BCUT2D eigenvalue weighted by Gasteiger charge is 2.16. The number of ether oxygens (including phenoxy) is 1. The summed E-state index contributed by atoms with van der Waals surface area (Å²) >= 11 is 0. The van der Waals surface area contributed by atoms with Crippen LogP contribution in [0.4, 0.5) is 5.69 Å². The van der Waals surface area contributed by atoms with E-state index in [1.165, 1.54) is 0 Å². The second kappa shape index (κ2) is 6.73. The molecule has 4 heteroatoms. The number of methoxy groups -OCH3 is 1. The van der Waals surface area contributed by atoms with Gasteiger partial charge < -0.3 is 15.2 Å². The number of benzene rings is 2. The van der Waals surface area contributed by atoms with E-state index in [9.17, 15) is 9.90 Å². The van der Waals surface area contributed by atoms with Crippen molar-refractivity contribution in [1.29, 1.82) is 0 Å². The predicted molar refractivity (Wildman–Crippen MR) is 92.1 cm³/mol. The molecule has 0 saturated carbocycles. The van der Waals surface area contributed by atoms with Gasteiger partial charge in [0.2, 0.25) is 5.91 Å². The van der Waals surface area contributed by atoms with E-state index in [-0.39, 0.29) is 23.5 Å². The number of carbonyl (C=O) groups is 1. The Morgan fingerprint density at radius 1 is 1.13 bits per heavy atom. The van der Waals surface area contributed by atoms with Gasteiger partial charge in [-0.3, -0.25) is 4.79 Å². The van der Waals surface area contributed by atoms with Crippen LogP contribution in [-0.2, 0) is 16.6 Å². The van der Waals surface area contributed by atoms with Crippen LogP contribution < -0.4 is 10.1 Å². The van der Waals surface area contributed by atoms with E-state index in [0.717, 1.165) is 16.9 Å². The molecule has 2 rings (SSSR count). The van der Waals surface area contributed by atoms with Gasteiger partial charge in [-0.15, -0.1) is 0 Å². The van der Waals surface area contributed by atoms with Crippen LogP contribution in [-0.4, -0.2) is 18.1 Å². The smallest absolute Gasteiger partial charge is 0.228 e. The van der Waals surface area contributed by atoms with E-state index in [0.29, 0.717) is 5.69 Å². The molecule has 0 bridgehead atoms. The molecule has 0 unspecified atom stereocenters. The van der Waals surface area contributed by atoms with Gasteiger partial charge in [-0.05, 0) is 40.8 Å². The van der Waals surface area contributed by atoms with Crippen LogP contribution in [0.5, 0.6) is 11.5 Å². The monoisotopic (exact) mass is 313 g/mol. The molecule has 0 saturated heterocycles. The Bertz CT molecular complexity index is 685. The number of rotatable bonds is 4. The molecule has 0 heterocycles. The molecule has 0 spiro atoms. The number of aromatic hydroxyl groups is 1. The zero-order valence-electron chi connectivity index (χ0n) is 14.0. The van der Waals surface area contributed by atoms with Gasteiger partial charge in [-0.1, -0.05) is 39.0 Å². The van der Waals surface area contributed by atoms with Gasteiger partial charge in [-0.25, -0.2) is 0 Å². The molecule has 0 aromatic heterocycles. The zero-order valence-corrected chi connectivity index (χ0v) is 14.0. The lowest BCUT2D eigenvalue weighted by Gasteiger charge is -2.20. The number of amides is 1. The van der Waals surface area contributed by atoms with Crippen LogP contribution in [0.3, 0.4) is 0 Å². The summed E-state index contributed by atoms with van der Waals surface area (Å²) in [5.74, 6) is 0.655. The molecule has 1 amide bonds. The normalized spacial score (nSPS) is 11.1. The van der Waals surface area contributed by atoms with Crippen LogP contribution in [0.2, 0.25) is 0 Å². The molecule has 0 radical (unpaired) electrons. The van der Waals surface area contributed by atoms with Crippen LogP contribution in [0.25, 0.3) is 0 Å². The van der Waals surface area contributed by atoms with E-state index in [2.05, 4.69) is 26.1 Å². The van der Waals surface area contributed by atoms with Crippen LogP contribution in [0.15, 0.2) is 42.5 Å². The number of anilines is 1. The molecule has 4 nitrogen and oxygen atoms in total. The van der Waals surface area contributed by atoms with E-state index < -0.39 is 0 Å². The fourth-order valence-corrected chi connectivity index (χ4v) is 2.23. The van der Waals surface area contributed by atoms with Gasteiger partial charge >= 0.3 is 0 Å². The van der Waals surface area contributed by atoms with Crippen molar-refractivity contribution in [3.8, 4) is 11.5 Å². The third-order valence-corrected chi connectivity index (χ3v) is 3.66. The Kier molecular flexibility index (Phi) is 4.94. The maximum Gasteiger partial charge on any atom is 0.228 e. The molecule has 2 N–H and O–H groups in total. The Morgan fingerprint density at radius 2 is 1.78 bits per heavy atom. The first-order valence-corrected chi connectivity index (χ1v) is 7.56. The molecule has 2 aromatic carbocycles. The van der Waals surface area contributed by atoms with Gasteiger partial charge in [0, 0.05) is 0 Å². The lowest BCUT2D eigenvalue weighted by Crippen LogP contribution is -2.16. The van der Waals surface area contributed by atoms with Crippen molar-refractivity contribution in [3.63, 3.8) is 0 Å². The molecule has 0 fully saturated rings. The quantitative estimate of drug-likeness (QED) is 0.842. The van der Waals surface area contributed by atoms with Crippen LogP contribution in [0, 0.1) is 0 Å². The fourth-order valence-electron chi connectivity index (χ4n) is 2.23. The van der Waals surface area contributed by atoms with Gasteiger partial charge in [-0.2, -0.15) is 0 Å². The first kappa shape index (κ1) is 16.9. The van der Waals surface area contributed by atoms with E-state index in [1.54, 1.807) is 13.2 Å². The fraction of sp³-hybridized carbons (Fsp3) is 0.316. The average Bonchev–Trinajstić information content (AvgIpc) is 2.49. The van der Waals surface area contributed by atoms with Gasteiger partial charge in [0.15, 0.2) is 0 Å². The third-order valence-electron chi connectivity index (χ3n) is 3.66. The van der Waals surface area contributed by atoms with E-state index >= 15 is 0 Å². The predicted octanol–water partition coefficient (Wildman–Crippen LogP) is 3.88. The summed E-state index contributed by atoms with van der Waals surface area (Å²) in [6.45, 7) is 6.26. The van der Waals surface area contributed by atoms with Crippen molar-refractivity contribution < 1.29 is 14.6 Å². The van der Waals surface area contributed by atoms with Crippen molar-refractivity contribution in [3.05, 3.63) is 53.6 Å². The third kappa shape index (κ3) is 4.49. The van der Waals surface area contributed by atoms with Gasteiger partial charge in [0.25, 0.3) is 0 Å². The molecule has 0 aliphatic carbocycles. The average molecular weight is 313 g/mol. The summed E-state index contributed by atoms with van der Waals surface area (Å²) in [4.78, 5) is 12.2. The first-order valence-electron chi connectivity index (χ1n) is 7.56. The summed E-state index contributed by atoms with van der Waals surface area (Å²) in [7, 11) is 1.60. The molecule has 0 aliphatic rings. The second-order valence-corrected chi connectivity index (χ2v) is 6.55. The summed E-state index contributed by atoms with van der Waals surface area (Å²) in [6.07, 6.45) is 0.239. The SMILES string of the molecule is COc1ccc(CC(=O)Nc2cc(C(C)(C)C)ccc2O)cc1. The molecular weight excluding hydrogens is 290 g/mol. The Labute approximate surface area is 137 Å². The zero-order chi connectivity index (χ0) is 17.0. The summed E-state index contributed by atoms with van der Waals surface area (Å²) in [5.41, 5.74) is 2.32. The molecule has 23 heavy (non-hydrogen) atoms. The number of carbonyl (C=O) groups excluding carboxylic acids is 1. The molecule has 0 atom stereocenters. The molecule has 2 aromatic rings. The molecule has 122 valence electrons. The minimum atomic E-state index is -0.170. The van der Waals surface area contributed by atoms with E-state index in [1.807, 2.05) is 36.4 Å². The number of phenolic OH excluding ortho intramolecular Hbond substituents is 1. The minimum absolute atomic E-state index is 0.0524. The standard InChI is InChI=1S/C19H23NO3/c1-19(2,3)14-7-10-17(21)16(12-14)20-18(22)11-13-5-8-15(23-4)9-6-13/h5-10,12,21H,11H2,1-4H3,(H,20,22). The van der Waals surface area contributed by atoms with Crippen molar-refractivity contribution in [2.75, 3.05) is 12.4 Å². The van der Waals surface area contributed by atoms with Crippen molar-refractivity contribution in [1.82, 2.24) is 0 Å². The number of hydrogen-bond donors (Lipinski definition) is 2. The van der Waals surface area contributed by atoms with Crippen LogP contribution in [0.1, 0.15) is 31.9 Å². The van der Waals surface area contributed by atoms with Crippen molar-refractivity contribution >= 4 is 11.6 Å². The van der Waals surface area contributed by atoms with Crippen LogP contribution >= 0.6 is 0 Å². The lowest BCUT2D eigenvalue weighted by atomic mass is 9.87. The second-order valence-electron chi connectivity index (χ2n) is 6.55. The summed E-state index contributed by atoms with van der Waals surface area (Å²) in [5, 5.41) is 12.7.